The van der Waals surface area contributed by atoms with Crippen molar-refractivity contribution in [2.75, 3.05) is 26.3 Å². The molecule has 1 amide bonds. The molecule has 0 saturated carbocycles. The number of hydrogen-bond donors (Lipinski definition) is 0. The van der Waals surface area contributed by atoms with Gasteiger partial charge in [0, 0.05) is 13.5 Å². The van der Waals surface area contributed by atoms with E-state index in [-0.39, 0.29) is 31.6 Å². The van der Waals surface area contributed by atoms with E-state index in [4.69, 9.17) is 32.8 Å². The standard InChI is InChI=1S/C30H42NO11P/c1-23(32)31(38-20-24-14-16-26(17-15-24)25-12-9-8-10-13-25)18-11-19-43(35,39-21-36-27(33)41-29(2,3)4)40-22-37-28(34)42-30(5,6)7/h8-10,12-17H,11,18-22H2,1-7H3. The van der Waals surface area contributed by atoms with E-state index < -0.39 is 44.7 Å². The highest BCUT2D eigenvalue weighted by molar-refractivity contribution is 7.53. The van der Waals surface area contributed by atoms with Gasteiger partial charge in [0.2, 0.25) is 19.5 Å². The second-order valence-corrected chi connectivity index (χ2v) is 13.5. The number of hydrogen-bond acceptors (Lipinski definition) is 11. The zero-order valence-corrected chi connectivity index (χ0v) is 26.7. The lowest BCUT2D eigenvalue weighted by Crippen LogP contribution is -2.30. The largest absolute Gasteiger partial charge is 0.510 e. The number of benzene rings is 2. The minimum Gasteiger partial charge on any atom is -0.429 e. The predicted octanol–water partition coefficient (Wildman–Crippen LogP) is 7.07. The molecule has 2 aromatic carbocycles. The maximum atomic E-state index is 13.4. The number of rotatable bonds is 14. The summed E-state index contributed by atoms with van der Waals surface area (Å²) in [4.78, 5) is 41.6. The molecule has 2 rings (SSSR count). The van der Waals surface area contributed by atoms with Gasteiger partial charge in [-0.25, -0.2) is 14.7 Å². The SMILES string of the molecule is CC(=O)N(CCCP(=O)(OCOC(=O)OC(C)(C)C)OCOC(=O)OC(C)(C)C)OCc1ccc(-c2ccccc2)cc1. The van der Waals surface area contributed by atoms with Crippen molar-refractivity contribution in [3.8, 4) is 11.1 Å². The Hall–Kier alpha value is -3.44. The lowest BCUT2D eigenvalue weighted by atomic mass is 10.0. The molecule has 0 unspecified atom stereocenters. The van der Waals surface area contributed by atoms with Crippen LogP contribution in [0.25, 0.3) is 11.1 Å². The Labute approximate surface area is 253 Å². The molecule has 0 atom stereocenters. The number of carbonyl (C=O) groups excluding carboxylic acids is 3. The van der Waals surface area contributed by atoms with Gasteiger partial charge in [0.05, 0.1) is 6.16 Å². The molecule has 0 saturated heterocycles. The van der Waals surface area contributed by atoms with Crippen molar-refractivity contribution in [2.45, 2.75) is 72.7 Å². The summed E-state index contributed by atoms with van der Waals surface area (Å²) in [7, 11) is -3.99. The quantitative estimate of drug-likeness (QED) is 0.0925. The van der Waals surface area contributed by atoms with Crippen LogP contribution in [0.2, 0.25) is 0 Å². The molecule has 0 aromatic heterocycles. The molecule has 238 valence electrons. The van der Waals surface area contributed by atoms with Crippen LogP contribution in [-0.4, -0.2) is 60.8 Å². The summed E-state index contributed by atoms with van der Waals surface area (Å²) in [5, 5.41) is 1.14. The monoisotopic (exact) mass is 623 g/mol. The first-order chi connectivity index (χ1) is 20.1. The lowest BCUT2D eigenvalue weighted by molar-refractivity contribution is -0.189. The third-order valence-corrected chi connectivity index (χ3v) is 7.09. The number of ether oxygens (including phenoxy) is 4. The van der Waals surface area contributed by atoms with E-state index in [1.54, 1.807) is 41.5 Å². The number of amides is 1. The van der Waals surface area contributed by atoms with Gasteiger partial charge in [-0.3, -0.25) is 23.2 Å². The molecule has 0 radical (unpaired) electrons. The Morgan fingerprint density at radius 3 is 1.70 bits per heavy atom. The van der Waals surface area contributed by atoms with Gasteiger partial charge in [0.25, 0.3) is 0 Å². The van der Waals surface area contributed by atoms with Crippen molar-refractivity contribution in [3.63, 3.8) is 0 Å². The summed E-state index contributed by atoms with van der Waals surface area (Å²) in [5.41, 5.74) is 1.37. The van der Waals surface area contributed by atoms with Gasteiger partial charge in [0.1, 0.15) is 17.8 Å². The molecular formula is C30H42NO11P. The van der Waals surface area contributed by atoms with E-state index in [1.807, 2.05) is 54.6 Å². The van der Waals surface area contributed by atoms with Crippen molar-refractivity contribution in [2.24, 2.45) is 0 Å². The molecule has 0 bridgehead atoms. The second kappa shape index (κ2) is 16.4. The molecule has 0 spiro atoms. The van der Waals surface area contributed by atoms with Gasteiger partial charge in [-0.2, -0.15) is 0 Å². The van der Waals surface area contributed by atoms with E-state index >= 15 is 0 Å². The van der Waals surface area contributed by atoms with E-state index in [0.29, 0.717) is 0 Å². The first-order valence-corrected chi connectivity index (χ1v) is 15.4. The van der Waals surface area contributed by atoms with Crippen LogP contribution < -0.4 is 0 Å². The maximum Gasteiger partial charge on any atom is 0.510 e. The molecule has 43 heavy (non-hydrogen) atoms. The van der Waals surface area contributed by atoms with Crippen molar-refractivity contribution in [1.29, 1.82) is 0 Å². The van der Waals surface area contributed by atoms with Gasteiger partial charge < -0.3 is 18.9 Å². The number of hydroxylamine groups is 2. The Bertz CT molecular complexity index is 1180. The lowest BCUT2D eigenvalue weighted by Gasteiger charge is -2.23. The fraction of sp³-hybridized carbons (Fsp3) is 0.500. The molecular weight excluding hydrogens is 581 g/mol. The third kappa shape index (κ3) is 15.0. The summed E-state index contributed by atoms with van der Waals surface area (Å²) in [6.07, 6.45) is -2.17. The smallest absolute Gasteiger partial charge is 0.429 e. The van der Waals surface area contributed by atoms with Crippen LogP contribution in [0.15, 0.2) is 54.6 Å². The highest BCUT2D eigenvalue weighted by atomic mass is 31.2. The molecule has 0 aliphatic carbocycles. The number of nitrogens with zero attached hydrogens (tertiary/aromatic N) is 1. The van der Waals surface area contributed by atoms with Crippen LogP contribution in [0.1, 0.15) is 60.5 Å². The number of carbonyl (C=O) groups is 3. The zero-order chi connectivity index (χ0) is 32.1. The van der Waals surface area contributed by atoms with Gasteiger partial charge >= 0.3 is 19.9 Å². The Morgan fingerprint density at radius 2 is 1.23 bits per heavy atom. The molecule has 0 aliphatic heterocycles. The topological polar surface area (TPSA) is 136 Å². The van der Waals surface area contributed by atoms with Crippen LogP contribution in [0.5, 0.6) is 0 Å². The average molecular weight is 624 g/mol. The molecule has 0 fully saturated rings. The normalized spacial score (nSPS) is 11.9. The molecule has 2 aromatic rings. The summed E-state index contributed by atoms with van der Waals surface area (Å²) >= 11 is 0. The first kappa shape index (κ1) is 35.8. The predicted molar refractivity (Wildman–Crippen MR) is 158 cm³/mol. The minimum atomic E-state index is -3.99. The average Bonchev–Trinajstić information content (AvgIpc) is 2.89. The maximum absolute atomic E-state index is 13.4. The van der Waals surface area contributed by atoms with Gasteiger partial charge in [-0.05, 0) is 64.7 Å². The van der Waals surface area contributed by atoms with Crippen LogP contribution in [-0.2, 0) is 48.8 Å². The zero-order valence-electron chi connectivity index (χ0n) is 25.8. The highest BCUT2D eigenvalue weighted by Gasteiger charge is 2.28. The fourth-order valence-corrected chi connectivity index (χ4v) is 4.62. The molecule has 0 aliphatic rings. The van der Waals surface area contributed by atoms with Crippen molar-refractivity contribution < 1.29 is 51.8 Å². The van der Waals surface area contributed by atoms with Gasteiger partial charge in [-0.1, -0.05) is 54.6 Å². The van der Waals surface area contributed by atoms with Crippen LogP contribution in [0.3, 0.4) is 0 Å². The van der Waals surface area contributed by atoms with Crippen LogP contribution in [0.4, 0.5) is 9.59 Å². The highest BCUT2D eigenvalue weighted by Crippen LogP contribution is 2.48. The minimum absolute atomic E-state index is 0.0496. The van der Waals surface area contributed by atoms with Crippen molar-refractivity contribution in [1.82, 2.24) is 5.06 Å². The fourth-order valence-electron chi connectivity index (χ4n) is 3.33. The molecule has 0 heterocycles. The molecule has 12 nitrogen and oxygen atoms in total. The summed E-state index contributed by atoms with van der Waals surface area (Å²) in [5.74, 6) is -0.362. The van der Waals surface area contributed by atoms with Crippen molar-refractivity contribution in [3.05, 3.63) is 60.2 Å². The molecule has 13 heteroatoms. The van der Waals surface area contributed by atoms with Crippen LogP contribution >= 0.6 is 7.60 Å². The van der Waals surface area contributed by atoms with Crippen LogP contribution in [0, 0.1) is 0 Å². The summed E-state index contributed by atoms with van der Waals surface area (Å²) in [6.45, 7) is 9.95. The Kier molecular flexibility index (Phi) is 13.7. The Balaban J connectivity index is 1.94. The van der Waals surface area contributed by atoms with Gasteiger partial charge in [-0.15, -0.1) is 0 Å². The van der Waals surface area contributed by atoms with Crippen molar-refractivity contribution >= 4 is 25.8 Å². The van der Waals surface area contributed by atoms with E-state index in [0.717, 1.165) is 21.8 Å². The third-order valence-electron chi connectivity index (χ3n) is 5.22. The second-order valence-electron chi connectivity index (χ2n) is 11.4. The van der Waals surface area contributed by atoms with Gasteiger partial charge in [0.15, 0.2) is 0 Å². The molecule has 0 N–H and O–H groups in total. The summed E-state index contributed by atoms with van der Waals surface area (Å²) < 4.78 is 43.6. The van der Waals surface area contributed by atoms with E-state index in [1.165, 1.54) is 6.92 Å². The first-order valence-electron chi connectivity index (χ1n) is 13.7. The van der Waals surface area contributed by atoms with E-state index in [9.17, 15) is 18.9 Å². The Morgan fingerprint density at radius 1 is 0.744 bits per heavy atom. The van der Waals surface area contributed by atoms with E-state index in [2.05, 4.69) is 0 Å². The summed E-state index contributed by atoms with van der Waals surface area (Å²) in [6, 6.07) is 17.7.